The van der Waals surface area contributed by atoms with Crippen molar-refractivity contribution in [2.24, 2.45) is 0 Å². The Morgan fingerprint density at radius 1 is 1.30 bits per heavy atom. The summed E-state index contributed by atoms with van der Waals surface area (Å²) in [6.07, 6.45) is 8.37. The lowest BCUT2D eigenvalue weighted by atomic mass is 10.0. The molecular weight excluding hydrogens is 252 g/mol. The molecule has 0 amide bonds. The smallest absolute Gasteiger partial charge is 0.328 e. The van der Waals surface area contributed by atoms with E-state index in [-0.39, 0.29) is 0 Å². The number of ether oxygens (including phenoxy) is 1. The van der Waals surface area contributed by atoms with Crippen molar-refractivity contribution in [3.63, 3.8) is 0 Å². The van der Waals surface area contributed by atoms with Gasteiger partial charge in [-0.15, -0.1) is 12.3 Å². The summed E-state index contributed by atoms with van der Waals surface area (Å²) in [5.74, 6) is 2.15. The standard InChI is InChI=1S/C17H14O3/c1-2-3-12-20-16-10-8-13-6-4-5-7-14(13)15(16)9-11-17(18)19/h1,4-11H,3,12H2,(H,18,19)/b11-9+. The summed E-state index contributed by atoms with van der Waals surface area (Å²) >= 11 is 0. The van der Waals surface area contributed by atoms with Crippen molar-refractivity contribution in [3.8, 4) is 18.1 Å². The van der Waals surface area contributed by atoms with Crippen LogP contribution >= 0.6 is 0 Å². The maximum Gasteiger partial charge on any atom is 0.328 e. The molecule has 2 aromatic rings. The van der Waals surface area contributed by atoms with E-state index in [2.05, 4.69) is 5.92 Å². The molecule has 0 aromatic heterocycles. The molecule has 2 rings (SSSR count). The molecule has 0 bridgehead atoms. The average Bonchev–Trinajstić information content (AvgIpc) is 2.45. The Balaban J connectivity index is 2.47. The Morgan fingerprint density at radius 2 is 2.10 bits per heavy atom. The van der Waals surface area contributed by atoms with E-state index in [1.807, 2.05) is 36.4 Å². The van der Waals surface area contributed by atoms with Crippen molar-refractivity contribution < 1.29 is 14.6 Å². The van der Waals surface area contributed by atoms with Gasteiger partial charge < -0.3 is 9.84 Å². The van der Waals surface area contributed by atoms with Crippen LogP contribution in [0.25, 0.3) is 16.8 Å². The van der Waals surface area contributed by atoms with E-state index < -0.39 is 5.97 Å². The molecule has 100 valence electrons. The predicted octanol–water partition coefficient (Wildman–Crippen LogP) is 3.34. The summed E-state index contributed by atoms with van der Waals surface area (Å²) in [5, 5.41) is 10.8. The summed E-state index contributed by atoms with van der Waals surface area (Å²) < 4.78 is 5.63. The first kappa shape index (κ1) is 13.7. The van der Waals surface area contributed by atoms with Crippen molar-refractivity contribution in [3.05, 3.63) is 48.0 Å². The van der Waals surface area contributed by atoms with Gasteiger partial charge in [0, 0.05) is 18.1 Å². The minimum absolute atomic E-state index is 0.406. The molecule has 0 aliphatic carbocycles. The van der Waals surface area contributed by atoms with Gasteiger partial charge in [-0.05, 0) is 22.9 Å². The van der Waals surface area contributed by atoms with Crippen LogP contribution in [-0.2, 0) is 4.79 Å². The van der Waals surface area contributed by atoms with Crippen LogP contribution in [0.1, 0.15) is 12.0 Å². The summed E-state index contributed by atoms with van der Waals surface area (Å²) in [5.41, 5.74) is 0.752. The van der Waals surface area contributed by atoms with E-state index >= 15 is 0 Å². The summed E-state index contributed by atoms with van der Waals surface area (Å²) in [4.78, 5) is 10.7. The fraction of sp³-hybridized carbons (Fsp3) is 0.118. The third kappa shape index (κ3) is 3.18. The number of carboxylic acids is 1. The zero-order chi connectivity index (χ0) is 14.4. The number of terminal acetylenes is 1. The molecule has 20 heavy (non-hydrogen) atoms. The van der Waals surface area contributed by atoms with Crippen LogP contribution in [0.3, 0.4) is 0 Å². The molecule has 3 nitrogen and oxygen atoms in total. The Hall–Kier alpha value is -2.73. The first-order valence-corrected chi connectivity index (χ1v) is 6.21. The molecule has 0 fully saturated rings. The second kappa shape index (κ2) is 6.44. The van der Waals surface area contributed by atoms with E-state index in [0.29, 0.717) is 18.8 Å². The lowest BCUT2D eigenvalue weighted by Crippen LogP contribution is -1.98. The molecule has 0 aliphatic rings. The lowest BCUT2D eigenvalue weighted by Gasteiger charge is -2.11. The first-order chi connectivity index (χ1) is 9.72. The van der Waals surface area contributed by atoms with Gasteiger partial charge in [-0.3, -0.25) is 0 Å². The predicted molar refractivity (Wildman–Crippen MR) is 79.6 cm³/mol. The zero-order valence-corrected chi connectivity index (χ0v) is 10.9. The molecule has 1 N–H and O–H groups in total. The van der Waals surface area contributed by atoms with Gasteiger partial charge in [0.05, 0.1) is 6.61 Å². The molecule has 0 radical (unpaired) electrons. The number of rotatable bonds is 5. The molecule has 0 unspecified atom stereocenters. The minimum Gasteiger partial charge on any atom is -0.492 e. The maximum absolute atomic E-state index is 10.7. The highest BCUT2D eigenvalue weighted by molar-refractivity contribution is 5.96. The van der Waals surface area contributed by atoms with Crippen molar-refractivity contribution >= 4 is 22.8 Å². The highest BCUT2D eigenvalue weighted by Gasteiger charge is 2.06. The number of carbonyl (C=O) groups is 1. The largest absolute Gasteiger partial charge is 0.492 e. The number of hydrogen-bond acceptors (Lipinski definition) is 2. The fourth-order valence-electron chi connectivity index (χ4n) is 1.95. The molecular formula is C17H14O3. The van der Waals surface area contributed by atoms with Crippen LogP contribution in [0.4, 0.5) is 0 Å². The van der Waals surface area contributed by atoms with E-state index in [1.54, 1.807) is 6.08 Å². The van der Waals surface area contributed by atoms with Crippen molar-refractivity contribution in [2.45, 2.75) is 6.42 Å². The van der Waals surface area contributed by atoms with Crippen LogP contribution in [0.2, 0.25) is 0 Å². The normalized spacial score (nSPS) is 10.6. The van der Waals surface area contributed by atoms with Crippen LogP contribution in [0.15, 0.2) is 42.5 Å². The molecule has 2 aromatic carbocycles. The van der Waals surface area contributed by atoms with Crippen LogP contribution in [0.5, 0.6) is 5.75 Å². The van der Waals surface area contributed by atoms with E-state index in [9.17, 15) is 4.79 Å². The lowest BCUT2D eigenvalue weighted by molar-refractivity contribution is -0.131. The Kier molecular flexibility index (Phi) is 4.41. The second-order valence-corrected chi connectivity index (χ2v) is 4.17. The van der Waals surface area contributed by atoms with Crippen LogP contribution in [-0.4, -0.2) is 17.7 Å². The van der Waals surface area contributed by atoms with Gasteiger partial charge >= 0.3 is 5.97 Å². The van der Waals surface area contributed by atoms with Crippen molar-refractivity contribution in [1.82, 2.24) is 0 Å². The fourth-order valence-corrected chi connectivity index (χ4v) is 1.95. The first-order valence-electron chi connectivity index (χ1n) is 6.21. The molecule has 0 aliphatic heterocycles. The quantitative estimate of drug-likeness (QED) is 0.513. The van der Waals surface area contributed by atoms with E-state index in [4.69, 9.17) is 16.3 Å². The van der Waals surface area contributed by atoms with Gasteiger partial charge in [-0.1, -0.05) is 30.3 Å². The van der Waals surface area contributed by atoms with Gasteiger partial charge in [0.25, 0.3) is 0 Å². The third-order valence-corrected chi connectivity index (χ3v) is 2.83. The van der Waals surface area contributed by atoms with Gasteiger partial charge in [0.1, 0.15) is 5.75 Å². The molecule has 3 heteroatoms. The number of benzene rings is 2. The summed E-state index contributed by atoms with van der Waals surface area (Å²) in [6, 6.07) is 11.5. The number of fused-ring (bicyclic) bond motifs is 1. The van der Waals surface area contributed by atoms with E-state index in [1.165, 1.54) is 0 Å². The Morgan fingerprint density at radius 3 is 2.85 bits per heavy atom. The number of hydrogen-bond donors (Lipinski definition) is 1. The van der Waals surface area contributed by atoms with Crippen molar-refractivity contribution in [1.29, 1.82) is 0 Å². The van der Waals surface area contributed by atoms with Crippen LogP contribution in [0, 0.1) is 12.3 Å². The molecule has 0 saturated heterocycles. The average molecular weight is 266 g/mol. The second-order valence-electron chi connectivity index (χ2n) is 4.17. The number of aliphatic carboxylic acids is 1. The molecule has 0 saturated carbocycles. The van der Waals surface area contributed by atoms with Gasteiger partial charge in [-0.25, -0.2) is 4.79 Å². The van der Waals surface area contributed by atoms with Crippen molar-refractivity contribution in [2.75, 3.05) is 6.61 Å². The zero-order valence-electron chi connectivity index (χ0n) is 10.9. The molecule has 0 atom stereocenters. The molecule has 0 spiro atoms. The van der Waals surface area contributed by atoms with E-state index in [0.717, 1.165) is 22.4 Å². The Labute approximate surface area is 117 Å². The third-order valence-electron chi connectivity index (χ3n) is 2.83. The summed E-state index contributed by atoms with van der Waals surface area (Å²) in [7, 11) is 0. The van der Waals surface area contributed by atoms with Gasteiger partial charge in [-0.2, -0.15) is 0 Å². The highest BCUT2D eigenvalue weighted by Crippen LogP contribution is 2.29. The highest BCUT2D eigenvalue weighted by atomic mass is 16.5. The van der Waals surface area contributed by atoms with Crippen LogP contribution < -0.4 is 4.74 Å². The molecule has 0 heterocycles. The minimum atomic E-state index is -0.993. The summed E-state index contributed by atoms with van der Waals surface area (Å²) in [6.45, 7) is 0.406. The SMILES string of the molecule is C#CCCOc1ccc2ccccc2c1/C=C/C(=O)O. The number of carboxylic acid groups (broad SMARTS) is 1. The topological polar surface area (TPSA) is 46.5 Å². The Bertz CT molecular complexity index is 693. The maximum atomic E-state index is 10.7. The van der Waals surface area contributed by atoms with Gasteiger partial charge in [0.2, 0.25) is 0 Å². The monoisotopic (exact) mass is 266 g/mol. The van der Waals surface area contributed by atoms with Gasteiger partial charge in [0.15, 0.2) is 0 Å².